The number of rotatable bonds is 6. The van der Waals surface area contributed by atoms with Gasteiger partial charge in [0.25, 0.3) is 0 Å². The average molecular weight is 633 g/mol. The van der Waals surface area contributed by atoms with Crippen LogP contribution < -0.4 is 10.6 Å². The van der Waals surface area contributed by atoms with Crippen LogP contribution in [-0.4, -0.2) is 47.8 Å². The fraction of sp³-hybridized carbons (Fsp3) is 0.833. The summed E-state index contributed by atoms with van der Waals surface area (Å²) in [6.45, 7) is 16.9. The van der Waals surface area contributed by atoms with Crippen molar-refractivity contribution in [2.24, 2.45) is 11.8 Å². The molecule has 12 saturated heterocycles. The summed E-state index contributed by atoms with van der Waals surface area (Å²) in [5.41, 5.74) is 1.91. The van der Waals surface area contributed by atoms with Gasteiger partial charge in [0.05, 0.1) is 0 Å². The Hall–Kier alpha value is 0.519. The van der Waals surface area contributed by atoms with Gasteiger partial charge in [-0.15, -0.1) is 0 Å². The molecule has 5 heteroatoms. The SMILES string of the molecule is CC(C)(C)P(C[C]12[CH]3[C]4(c5ccccc5)[CH]5[C]1(C(P)(C1CCCNC1)C1CCCNC1)[Fe]35421678[CH]2[CH]1[CH]6[CH]7[CH]28)C(C)(C)C. The van der Waals surface area contributed by atoms with Gasteiger partial charge in [0, 0.05) is 0 Å². The van der Waals surface area contributed by atoms with Crippen molar-refractivity contribution in [3.05, 3.63) is 35.9 Å². The van der Waals surface area contributed by atoms with E-state index in [2.05, 4.69) is 91.7 Å². The van der Waals surface area contributed by atoms with Gasteiger partial charge in [0.15, 0.2) is 0 Å². The van der Waals surface area contributed by atoms with E-state index in [1.54, 1.807) is 6.16 Å². The third-order valence-electron chi connectivity index (χ3n) is 23.1. The molecule has 12 heterocycles. The van der Waals surface area contributed by atoms with Gasteiger partial charge in [-0.25, -0.2) is 0 Å². The summed E-state index contributed by atoms with van der Waals surface area (Å²) < 4.78 is 2.38. The van der Waals surface area contributed by atoms with Crippen molar-refractivity contribution in [3.8, 4) is 0 Å². The molecule has 8 atom stereocenters. The van der Waals surface area contributed by atoms with Crippen molar-refractivity contribution >= 4 is 17.2 Å². The Balaban J connectivity index is 1.14. The van der Waals surface area contributed by atoms with Gasteiger partial charge in [0.1, 0.15) is 0 Å². The molecule has 226 valence electrons. The quantitative estimate of drug-likeness (QED) is 0.242. The first-order valence-corrected chi connectivity index (χ1v) is 25.7. The summed E-state index contributed by atoms with van der Waals surface area (Å²) in [7, 11) is 3.93. The zero-order valence-electron chi connectivity index (χ0n) is 26.3. The minimum atomic E-state index is -4.10. The first-order chi connectivity index (χ1) is 19.2. The van der Waals surface area contributed by atoms with Crippen LogP contribution in [0.1, 0.15) is 72.8 Å². The van der Waals surface area contributed by atoms with E-state index in [1.165, 1.54) is 85.6 Å². The summed E-state index contributed by atoms with van der Waals surface area (Å²) in [4.78, 5) is 8.97. The molecule has 1 aromatic carbocycles. The topological polar surface area (TPSA) is 24.1 Å². The Morgan fingerprint density at radius 3 is 1.73 bits per heavy atom. The van der Waals surface area contributed by atoms with Crippen LogP contribution in [0.15, 0.2) is 30.3 Å². The fourth-order valence-electron chi connectivity index (χ4n) is 25.7. The van der Waals surface area contributed by atoms with Gasteiger partial charge in [-0.2, -0.15) is 0 Å². The number of hydrogen-bond donors (Lipinski definition) is 2. The molecule has 2 nitrogen and oxygen atoms in total. The maximum absolute atomic E-state index is 4.10. The van der Waals surface area contributed by atoms with Crippen LogP contribution in [0.4, 0.5) is 0 Å². The first-order valence-electron chi connectivity index (χ1n) is 17.5. The molecule has 1 spiro atoms. The zero-order valence-corrected chi connectivity index (χ0v) is 29.5. The monoisotopic (exact) mass is 632 g/mol. The van der Waals surface area contributed by atoms with Crippen LogP contribution in [0.3, 0.4) is 0 Å². The number of nitrogens with one attached hydrogen (secondary N) is 2. The molecule has 1 aromatic rings. The van der Waals surface area contributed by atoms with Gasteiger partial charge in [-0.1, -0.05) is 0 Å². The average Bonchev–Trinajstić information content (AvgIpc) is 3.90. The normalized spacial score (nSPS) is 70.7. The van der Waals surface area contributed by atoms with E-state index in [0.717, 1.165) is 24.8 Å². The molecule has 8 unspecified atom stereocenters. The van der Waals surface area contributed by atoms with Crippen LogP contribution in [0.2, 0.25) is 42.3 Å². The van der Waals surface area contributed by atoms with Crippen molar-refractivity contribution in [3.63, 3.8) is 0 Å². The minimum absolute atomic E-state index is 0.0595. The summed E-state index contributed by atoms with van der Waals surface area (Å²) in [5, 5.41) is 9.40. The fourth-order valence-corrected chi connectivity index (χ4v) is 116. The second kappa shape index (κ2) is 3.71. The molecular formula is C36H54FeN2P2. The molecule has 0 aromatic heterocycles. The van der Waals surface area contributed by atoms with E-state index in [4.69, 9.17) is 0 Å². The van der Waals surface area contributed by atoms with Crippen molar-refractivity contribution in [1.29, 1.82) is 0 Å². The van der Waals surface area contributed by atoms with Crippen molar-refractivity contribution in [2.45, 2.75) is 129 Å². The molecule has 12 aliphatic heterocycles. The standard InChI is InChI=1S/C31H49N2P2.C5H5.Fe/c1-29(2,3)35(30(4,5)6)22-25-18-24(23-12-8-7-9-13-23)19-28(25)31(34,26-14-10-16-32-20-26)27-15-11-17-33-21-27;1-2-4-5-3-1;/h7-9,12-13,18-19,26-27,32-33H,10-11,14-17,20-22,34H2,1-6H3;1-5H;. The summed E-state index contributed by atoms with van der Waals surface area (Å²) in [6, 6.07) is 12.6. The molecule has 0 bridgehead atoms. The van der Waals surface area contributed by atoms with Gasteiger partial charge in [-0.05, 0) is 0 Å². The Kier molecular flexibility index (Phi) is 2.16. The number of benzene rings is 1. The third-order valence-corrected chi connectivity index (χ3v) is 73.1. The summed E-state index contributed by atoms with van der Waals surface area (Å²) in [5.74, 6) is 1.76. The van der Waals surface area contributed by atoms with E-state index in [-0.39, 0.29) is 7.92 Å². The predicted octanol–water partition coefficient (Wildman–Crippen LogP) is 8.91. The molecule has 0 amide bonds. The molecule has 2 N–H and O–H groups in total. The second-order valence-corrected chi connectivity index (χ2v) is 49.1. The van der Waals surface area contributed by atoms with Crippen molar-refractivity contribution in [2.75, 3.05) is 32.3 Å². The summed E-state index contributed by atoms with van der Waals surface area (Å²) >= 11 is 0. The molecular weight excluding hydrogens is 578 g/mol. The van der Waals surface area contributed by atoms with Gasteiger partial charge >= 0.3 is 244 Å². The second-order valence-electron chi connectivity index (χ2n) is 21.3. The van der Waals surface area contributed by atoms with Crippen molar-refractivity contribution < 1.29 is 6.51 Å². The third kappa shape index (κ3) is 0.632. The molecule has 12 fully saturated rings. The molecule has 0 radical (unpaired) electrons. The van der Waals surface area contributed by atoms with Crippen LogP contribution in [-0.2, 0) is 10.8 Å². The Labute approximate surface area is 242 Å². The number of piperidine rings is 2. The van der Waals surface area contributed by atoms with Crippen LogP contribution in [0.5, 0.6) is 0 Å². The number of fused-ring (bicyclic) bond motifs is 10. The van der Waals surface area contributed by atoms with E-state index in [1.807, 2.05) is 5.56 Å². The first kappa shape index (κ1) is 23.8. The van der Waals surface area contributed by atoms with E-state index >= 15 is 0 Å². The molecule has 41 heavy (non-hydrogen) atoms. The molecule has 13 rings (SSSR count). The maximum atomic E-state index is 4.02. The van der Waals surface area contributed by atoms with Crippen molar-refractivity contribution in [1.82, 2.24) is 10.6 Å². The summed E-state index contributed by atoms with van der Waals surface area (Å²) in [6.07, 6.45) is 7.50. The van der Waals surface area contributed by atoms with Crippen LogP contribution >= 0.6 is 17.2 Å². The van der Waals surface area contributed by atoms with Crippen LogP contribution in [0, 0.1) is 11.8 Å². The zero-order chi connectivity index (χ0) is 28.0. The van der Waals surface area contributed by atoms with Gasteiger partial charge < -0.3 is 0 Å². The van der Waals surface area contributed by atoms with Gasteiger partial charge in [-0.3, -0.25) is 0 Å². The van der Waals surface area contributed by atoms with Crippen LogP contribution in [0.25, 0.3) is 0 Å². The molecule has 0 aliphatic carbocycles. The van der Waals surface area contributed by atoms with E-state index in [0.29, 0.717) is 15.5 Å². The number of hydrogen-bond acceptors (Lipinski definition) is 2. The van der Waals surface area contributed by atoms with Gasteiger partial charge in [0.2, 0.25) is 0 Å². The Morgan fingerprint density at radius 2 is 1.32 bits per heavy atom. The Morgan fingerprint density at radius 1 is 0.805 bits per heavy atom. The predicted molar refractivity (Wildman–Crippen MR) is 175 cm³/mol. The van der Waals surface area contributed by atoms with E-state index < -0.39 is 6.51 Å². The van der Waals surface area contributed by atoms with E-state index in [9.17, 15) is 0 Å². The molecule has 12 aliphatic rings. The Bertz CT molecular complexity index is 1810. The molecule has 0 saturated carbocycles.